The lowest BCUT2D eigenvalue weighted by atomic mass is 10.1. The molecule has 1 aromatic rings. The summed E-state index contributed by atoms with van der Waals surface area (Å²) in [6.45, 7) is -0.590. The van der Waals surface area contributed by atoms with Crippen molar-refractivity contribution in [3.63, 3.8) is 0 Å². The number of rotatable bonds is 3. The molecular weight excluding hydrogens is 374 g/mol. The molecule has 0 spiro atoms. The van der Waals surface area contributed by atoms with Gasteiger partial charge in [0.15, 0.2) is 0 Å². The van der Waals surface area contributed by atoms with E-state index in [0.717, 1.165) is 6.07 Å². The highest BCUT2D eigenvalue weighted by molar-refractivity contribution is 5.98. The van der Waals surface area contributed by atoms with E-state index in [1.165, 1.54) is 4.90 Å². The molecule has 2 aliphatic heterocycles. The molecule has 3 N–H and O–H groups in total. The van der Waals surface area contributed by atoms with Gasteiger partial charge in [0.05, 0.1) is 12.2 Å². The molecule has 0 bridgehead atoms. The fraction of sp³-hybridized carbons (Fsp3) is 0.438. The maximum Gasteiger partial charge on any atom is 0.419 e. The number of hydrogen-bond donors (Lipinski definition) is 3. The number of alkyl halides is 3. The van der Waals surface area contributed by atoms with Crippen LogP contribution in [0.4, 0.5) is 17.6 Å². The molecule has 0 unspecified atom stereocenters. The quantitative estimate of drug-likeness (QED) is 0.636. The molecule has 2 aliphatic rings. The predicted molar refractivity (Wildman–Crippen MR) is 81.8 cm³/mol. The van der Waals surface area contributed by atoms with Crippen molar-refractivity contribution in [3.8, 4) is 0 Å². The van der Waals surface area contributed by atoms with E-state index in [4.69, 9.17) is 5.11 Å². The first-order valence-corrected chi connectivity index (χ1v) is 8.01. The van der Waals surface area contributed by atoms with Crippen LogP contribution < -0.4 is 10.6 Å². The monoisotopic (exact) mass is 389 g/mol. The van der Waals surface area contributed by atoms with Gasteiger partial charge in [-0.05, 0) is 24.6 Å². The van der Waals surface area contributed by atoms with Gasteiger partial charge < -0.3 is 20.6 Å². The van der Waals surface area contributed by atoms with Crippen LogP contribution in [0.2, 0.25) is 0 Å². The van der Waals surface area contributed by atoms with Crippen molar-refractivity contribution in [2.45, 2.75) is 30.7 Å². The molecule has 27 heavy (non-hydrogen) atoms. The molecule has 1 aromatic carbocycles. The summed E-state index contributed by atoms with van der Waals surface area (Å²) in [5.74, 6) is -3.35. The Bertz CT molecular complexity index is 798. The number of piperazine rings is 1. The number of aliphatic hydroxyl groups is 1. The Morgan fingerprint density at radius 3 is 2.67 bits per heavy atom. The first kappa shape index (κ1) is 19.1. The molecule has 2 heterocycles. The van der Waals surface area contributed by atoms with Crippen LogP contribution in [0.1, 0.15) is 22.3 Å². The summed E-state index contributed by atoms with van der Waals surface area (Å²) in [5, 5.41) is 13.9. The maximum absolute atomic E-state index is 13.3. The Hall–Kier alpha value is -2.69. The van der Waals surface area contributed by atoms with E-state index in [-0.39, 0.29) is 13.0 Å². The first-order valence-electron chi connectivity index (χ1n) is 8.01. The number of benzene rings is 1. The number of carbonyl (C=O) groups excluding carboxylic acids is 3. The van der Waals surface area contributed by atoms with Gasteiger partial charge in [0, 0.05) is 18.2 Å². The number of amides is 3. The second kappa shape index (κ2) is 6.80. The second-order valence-electron chi connectivity index (χ2n) is 6.35. The van der Waals surface area contributed by atoms with Crippen LogP contribution >= 0.6 is 0 Å². The van der Waals surface area contributed by atoms with Crippen LogP contribution in [-0.4, -0.2) is 59.0 Å². The van der Waals surface area contributed by atoms with E-state index in [0.29, 0.717) is 12.1 Å². The highest BCUT2D eigenvalue weighted by Gasteiger charge is 2.46. The van der Waals surface area contributed by atoms with Crippen LogP contribution in [0.5, 0.6) is 0 Å². The highest BCUT2D eigenvalue weighted by atomic mass is 19.4. The summed E-state index contributed by atoms with van der Waals surface area (Å²) in [6.07, 6.45) is -4.87. The average Bonchev–Trinajstić information content (AvgIpc) is 3.02. The Kier molecular flexibility index (Phi) is 4.81. The minimum Gasteiger partial charge on any atom is -0.394 e. The molecule has 2 saturated heterocycles. The van der Waals surface area contributed by atoms with Crippen LogP contribution in [0, 0.1) is 5.82 Å². The summed E-state index contributed by atoms with van der Waals surface area (Å²) in [6, 6.07) is -0.680. The number of hydrogen-bond acceptors (Lipinski definition) is 4. The molecule has 0 aliphatic carbocycles. The Labute approximate surface area is 150 Å². The van der Waals surface area contributed by atoms with E-state index < -0.39 is 65.6 Å². The topological polar surface area (TPSA) is 98.7 Å². The zero-order valence-corrected chi connectivity index (χ0v) is 13.7. The van der Waals surface area contributed by atoms with Crippen molar-refractivity contribution in [1.29, 1.82) is 0 Å². The van der Waals surface area contributed by atoms with Gasteiger partial charge >= 0.3 is 6.18 Å². The third-order valence-electron chi connectivity index (χ3n) is 4.55. The molecule has 3 amide bonds. The molecule has 0 saturated carbocycles. The maximum atomic E-state index is 13.3. The van der Waals surface area contributed by atoms with Crippen LogP contribution in [0.15, 0.2) is 18.2 Å². The average molecular weight is 389 g/mol. The van der Waals surface area contributed by atoms with E-state index >= 15 is 0 Å². The SMILES string of the molecule is O=C(N[C@H]1C[C@H]2C(=O)N[C@H](CO)C(=O)N2C1)c1ccc(F)c(C(F)(F)F)c1. The molecule has 0 aromatic heterocycles. The summed E-state index contributed by atoms with van der Waals surface area (Å²) >= 11 is 0. The Morgan fingerprint density at radius 1 is 1.33 bits per heavy atom. The van der Waals surface area contributed by atoms with Gasteiger partial charge in [0.2, 0.25) is 11.8 Å². The van der Waals surface area contributed by atoms with Crippen molar-refractivity contribution in [1.82, 2.24) is 15.5 Å². The normalized spacial score (nSPS) is 25.2. The minimum absolute atomic E-state index is 0.0213. The first-order chi connectivity index (χ1) is 12.6. The summed E-state index contributed by atoms with van der Waals surface area (Å²) in [4.78, 5) is 37.6. The molecular formula is C16H15F4N3O4. The standard InChI is InChI=1S/C16H15F4N3O4/c17-10-2-1-7(3-9(10)16(18,19)20)13(25)21-8-4-12-14(26)22-11(6-24)15(27)23(12)5-8/h1-3,8,11-12,24H,4-6H2,(H,21,25)(H,22,26)/t8-,11+,12-/m0/s1. The minimum atomic E-state index is -4.95. The van der Waals surface area contributed by atoms with E-state index in [9.17, 15) is 31.9 Å². The lowest BCUT2D eigenvalue weighted by Gasteiger charge is -2.33. The third kappa shape index (κ3) is 3.59. The van der Waals surface area contributed by atoms with E-state index in [1.807, 2.05) is 0 Å². The number of carbonyl (C=O) groups is 3. The van der Waals surface area contributed by atoms with Gasteiger partial charge in [-0.1, -0.05) is 0 Å². The molecule has 146 valence electrons. The lowest BCUT2D eigenvalue weighted by Crippen LogP contribution is -2.62. The van der Waals surface area contributed by atoms with Gasteiger partial charge in [-0.2, -0.15) is 13.2 Å². The van der Waals surface area contributed by atoms with Crippen LogP contribution in [0.3, 0.4) is 0 Å². The largest absolute Gasteiger partial charge is 0.419 e. The number of halogens is 4. The fourth-order valence-corrected chi connectivity index (χ4v) is 3.24. The number of nitrogens with one attached hydrogen (secondary N) is 2. The number of aliphatic hydroxyl groups excluding tert-OH is 1. The summed E-state index contributed by atoms with van der Waals surface area (Å²) in [5.41, 5.74) is -1.95. The Balaban J connectivity index is 1.73. The van der Waals surface area contributed by atoms with Crippen molar-refractivity contribution in [3.05, 3.63) is 35.1 Å². The van der Waals surface area contributed by atoms with Gasteiger partial charge in [-0.15, -0.1) is 0 Å². The van der Waals surface area contributed by atoms with Crippen molar-refractivity contribution >= 4 is 17.7 Å². The number of fused-ring (bicyclic) bond motifs is 1. The van der Waals surface area contributed by atoms with Crippen molar-refractivity contribution in [2.75, 3.05) is 13.2 Å². The van der Waals surface area contributed by atoms with Gasteiger partial charge in [0.25, 0.3) is 5.91 Å². The lowest BCUT2D eigenvalue weighted by molar-refractivity contribution is -0.148. The third-order valence-corrected chi connectivity index (χ3v) is 4.55. The fourth-order valence-electron chi connectivity index (χ4n) is 3.24. The molecule has 2 fully saturated rings. The van der Waals surface area contributed by atoms with Crippen molar-refractivity contribution in [2.24, 2.45) is 0 Å². The van der Waals surface area contributed by atoms with Gasteiger partial charge in [-0.3, -0.25) is 14.4 Å². The van der Waals surface area contributed by atoms with Gasteiger partial charge in [0.1, 0.15) is 17.9 Å². The van der Waals surface area contributed by atoms with Crippen LogP contribution in [0.25, 0.3) is 0 Å². The zero-order chi connectivity index (χ0) is 19.9. The molecule has 11 heteroatoms. The highest BCUT2D eigenvalue weighted by Crippen LogP contribution is 2.32. The molecule has 7 nitrogen and oxygen atoms in total. The summed E-state index contributed by atoms with van der Waals surface area (Å²) < 4.78 is 51.7. The Morgan fingerprint density at radius 2 is 2.04 bits per heavy atom. The van der Waals surface area contributed by atoms with Crippen molar-refractivity contribution < 1.29 is 37.1 Å². The molecule has 3 atom stereocenters. The number of nitrogens with zero attached hydrogens (tertiary/aromatic N) is 1. The molecule has 3 rings (SSSR count). The second-order valence-corrected chi connectivity index (χ2v) is 6.35. The smallest absolute Gasteiger partial charge is 0.394 e. The van der Waals surface area contributed by atoms with Gasteiger partial charge in [-0.25, -0.2) is 4.39 Å². The zero-order valence-electron chi connectivity index (χ0n) is 13.7. The van der Waals surface area contributed by atoms with Crippen LogP contribution in [-0.2, 0) is 15.8 Å². The predicted octanol–water partition coefficient (Wildman–Crippen LogP) is 0.0345. The van der Waals surface area contributed by atoms with E-state index in [1.54, 1.807) is 0 Å². The molecule has 0 radical (unpaired) electrons. The summed E-state index contributed by atoms with van der Waals surface area (Å²) in [7, 11) is 0. The van der Waals surface area contributed by atoms with E-state index in [2.05, 4.69) is 10.6 Å².